The minimum Gasteiger partial charge on any atom is -0.351 e. The molecular formula is C10H14F6N2O. The van der Waals surface area contributed by atoms with E-state index in [0.29, 0.717) is 12.8 Å². The van der Waals surface area contributed by atoms with Crippen LogP contribution in [0.3, 0.4) is 0 Å². The van der Waals surface area contributed by atoms with Crippen molar-refractivity contribution in [1.29, 1.82) is 0 Å². The van der Waals surface area contributed by atoms with Gasteiger partial charge in [-0.3, -0.25) is 4.79 Å². The molecule has 112 valence electrons. The van der Waals surface area contributed by atoms with Gasteiger partial charge in [-0.15, -0.1) is 0 Å². The van der Waals surface area contributed by atoms with E-state index in [1.165, 1.54) is 0 Å². The normalized spacial score (nSPS) is 25.5. The Morgan fingerprint density at radius 3 is 1.95 bits per heavy atom. The van der Waals surface area contributed by atoms with Crippen molar-refractivity contribution >= 4 is 5.91 Å². The smallest absolute Gasteiger partial charge is 0.351 e. The quantitative estimate of drug-likeness (QED) is 0.766. The van der Waals surface area contributed by atoms with Gasteiger partial charge in [-0.2, -0.15) is 26.3 Å². The highest BCUT2D eigenvalue weighted by atomic mass is 19.4. The second-order valence-corrected chi connectivity index (χ2v) is 4.58. The first-order chi connectivity index (χ1) is 8.53. The molecule has 0 aromatic carbocycles. The SMILES string of the molecule is NC1CCCCC1NC(=O)C(C(F)(F)F)C(F)(F)F. The minimum atomic E-state index is -5.67. The Kier molecular flexibility index (Phi) is 4.70. The molecule has 1 amide bonds. The lowest BCUT2D eigenvalue weighted by molar-refractivity contribution is -0.274. The molecule has 0 saturated heterocycles. The molecule has 0 spiro atoms. The van der Waals surface area contributed by atoms with E-state index in [2.05, 4.69) is 0 Å². The van der Waals surface area contributed by atoms with Crippen LogP contribution in [0.25, 0.3) is 0 Å². The molecular weight excluding hydrogens is 278 g/mol. The van der Waals surface area contributed by atoms with Crippen LogP contribution in [0.4, 0.5) is 26.3 Å². The largest absolute Gasteiger partial charge is 0.409 e. The number of rotatable bonds is 2. The summed E-state index contributed by atoms with van der Waals surface area (Å²) in [6, 6.07) is -1.45. The lowest BCUT2D eigenvalue weighted by Crippen LogP contribution is -2.55. The molecule has 1 rings (SSSR count). The molecule has 0 bridgehead atoms. The zero-order chi connectivity index (χ0) is 14.8. The number of carbonyl (C=O) groups is 1. The number of halogens is 6. The first kappa shape index (κ1) is 16.1. The van der Waals surface area contributed by atoms with Gasteiger partial charge in [0.15, 0.2) is 0 Å². The molecule has 2 unspecified atom stereocenters. The number of hydrogen-bond acceptors (Lipinski definition) is 2. The van der Waals surface area contributed by atoms with Gasteiger partial charge in [-0.1, -0.05) is 12.8 Å². The van der Waals surface area contributed by atoms with Gasteiger partial charge in [-0.05, 0) is 12.8 Å². The average molecular weight is 292 g/mol. The van der Waals surface area contributed by atoms with E-state index in [4.69, 9.17) is 5.73 Å². The zero-order valence-corrected chi connectivity index (χ0v) is 9.81. The molecule has 3 nitrogen and oxygen atoms in total. The third-order valence-electron chi connectivity index (χ3n) is 3.06. The second-order valence-electron chi connectivity index (χ2n) is 4.58. The molecule has 2 atom stereocenters. The average Bonchev–Trinajstić information content (AvgIpc) is 2.16. The maximum Gasteiger partial charge on any atom is 0.409 e. The number of alkyl halides is 6. The Hall–Kier alpha value is -0.990. The predicted octanol–water partition coefficient (Wildman–Crippen LogP) is 2.11. The number of carbonyl (C=O) groups excluding carboxylic acids is 1. The number of nitrogens with two attached hydrogens (primary N) is 1. The highest BCUT2D eigenvalue weighted by Crippen LogP contribution is 2.39. The van der Waals surface area contributed by atoms with E-state index in [1.54, 1.807) is 5.32 Å². The topological polar surface area (TPSA) is 55.1 Å². The second kappa shape index (κ2) is 5.56. The summed E-state index contributed by atoms with van der Waals surface area (Å²) >= 11 is 0. The van der Waals surface area contributed by atoms with Crippen molar-refractivity contribution in [2.45, 2.75) is 50.1 Å². The van der Waals surface area contributed by atoms with Gasteiger partial charge in [0.25, 0.3) is 0 Å². The summed E-state index contributed by atoms with van der Waals surface area (Å²) in [5.74, 6) is -6.09. The summed E-state index contributed by atoms with van der Waals surface area (Å²) < 4.78 is 73.8. The molecule has 0 aliphatic heterocycles. The van der Waals surface area contributed by atoms with E-state index in [0.717, 1.165) is 6.42 Å². The van der Waals surface area contributed by atoms with Crippen molar-refractivity contribution in [2.24, 2.45) is 11.7 Å². The van der Waals surface area contributed by atoms with Crippen molar-refractivity contribution in [3.8, 4) is 0 Å². The van der Waals surface area contributed by atoms with Gasteiger partial charge < -0.3 is 11.1 Å². The first-order valence-electron chi connectivity index (χ1n) is 5.73. The van der Waals surface area contributed by atoms with Crippen molar-refractivity contribution in [2.75, 3.05) is 0 Å². The highest BCUT2D eigenvalue weighted by molar-refractivity contribution is 5.80. The van der Waals surface area contributed by atoms with Crippen LogP contribution in [0.5, 0.6) is 0 Å². The Morgan fingerprint density at radius 2 is 1.53 bits per heavy atom. The Balaban J connectivity index is 2.78. The zero-order valence-electron chi connectivity index (χ0n) is 9.81. The summed E-state index contributed by atoms with van der Waals surface area (Å²) in [7, 11) is 0. The van der Waals surface area contributed by atoms with Crippen molar-refractivity contribution < 1.29 is 31.1 Å². The standard InChI is InChI=1S/C10H14F6N2O/c11-9(12,13)7(10(14,15)16)8(19)18-6-4-2-1-3-5(6)17/h5-7H,1-4,17H2,(H,18,19). The van der Waals surface area contributed by atoms with E-state index in [9.17, 15) is 31.1 Å². The fraction of sp³-hybridized carbons (Fsp3) is 0.900. The highest BCUT2D eigenvalue weighted by Gasteiger charge is 2.61. The molecule has 0 aromatic heterocycles. The monoisotopic (exact) mass is 292 g/mol. The molecule has 9 heteroatoms. The Labute approximate surface area is 105 Å². The molecule has 3 N–H and O–H groups in total. The van der Waals surface area contributed by atoms with Gasteiger partial charge in [0.05, 0.1) is 0 Å². The number of nitrogens with one attached hydrogen (secondary N) is 1. The fourth-order valence-corrected chi connectivity index (χ4v) is 2.09. The first-order valence-corrected chi connectivity index (χ1v) is 5.73. The van der Waals surface area contributed by atoms with Crippen LogP contribution in [0.15, 0.2) is 0 Å². The van der Waals surface area contributed by atoms with Crippen LogP contribution in [0, 0.1) is 5.92 Å². The Bertz CT molecular complexity index is 313. The lowest BCUT2D eigenvalue weighted by atomic mass is 9.90. The van der Waals surface area contributed by atoms with Crippen LogP contribution in [0.1, 0.15) is 25.7 Å². The number of amides is 1. The summed E-state index contributed by atoms with van der Waals surface area (Å²) in [5.41, 5.74) is 5.57. The summed E-state index contributed by atoms with van der Waals surface area (Å²) in [5, 5.41) is 1.78. The molecule has 1 aliphatic rings. The summed E-state index contributed by atoms with van der Waals surface area (Å²) in [6.07, 6.45) is -9.22. The van der Waals surface area contributed by atoms with Crippen molar-refractivity contribution in [1.82, 2.24) is 5.32 Å². The third-order valence-corrected chi connectivity index (χ3v) is 3.06. The van der Waals surface area contributed by atoms with Gasteiger partial charge in [0.2, 0.25) is 11.8 Å². The van der Waals surface area contributed by atoms with Crippen molar-refractivity contribution in [3.05, 3.63) is 0 Å². The Morgan fingerprint density at radius 1 is 1.05 bits per heavy atom. The predicted molar refractivity (Wildman–Crippen MR) is 54.0 cm³/mol. The van der Waals surface area contributed by atoms with Crippen LogP contribution in [-0.2, 0) is 4.79 Å². The maximum atomic E-state index is 12.3. The van der Waals surface area contributed by atoms with Crippen LogP contribution >= 0.6 is 0 Å². The molecule has 1 aliphatic carbocycles. The molecule has 1 saturated carbocycles. The van der Waals surface area contributed by atoms with Crippen LogP contribution in [-0.4, -0.2) is 30.3 Å². The minimum absolute atomic E-state index is 0.287. The fourth-order valence-electron chi connectivity index (χ4n) is 2.09. The summed E-state index contributed by atoms with van der Waals surface area (Å²) in [6.45, 7) is 0. The van der Waals surface area contributed by atoms with Crippen molar-refractivity contribution in [3.63, 3.8) is 0 Å². The summed E-state index contributed by atoms with van der Waals surface area (Å²) in [4.78, 5) is 11.2. The van der Waals surface area contributed by atoms with Crippen LogP contribution < -0.4 is 11.1 Å². The molecule has 0 radical (unpaired) electrons. The van der Waals surface area contributed by atoms with Gasteiger partial charge in [-0.25, -0.2) is 0 Å². The lowest BCUT2D eigenvalue weighted by Gasteiger charge is -2.31. The van der Waals surface area contributed by atoms with Gasteiger partial charge in [0.1, 0.15) is 0 Å². The third kappa shape index (κ3) is 4.26. The maximum absolute atomic E-state index is 12.3. The van der Waals surface area contributed by atoms with E-state index < -0.39 is 36.3 Å². The number of hydrogen-bond donors (Lipinski definition) is 2. The molecule has 19 heavy (non-hydrogen) atoms. The van der Waals surface area contributed by atoms with Gasteiger partial charge in [0, 0.05) is 12.1 Å². The molecule has 1 fully saturated rings. The molecule has 0 aromatic rings. The van der Waals surface area contributed by atoms with E-state index in [-0.39, 0.29) is 6.42 Å². The van der Waals surface area contributed by atoms with Crippen LogP contribution in [0.2, 0.25) is 0 Å². The molecule has 0 heterocycles. The van der Waals surface area contributed by atoms with E-state index >= 15 is 0 Å². The van der Waals surface area contributed by atoms with E-state index in [1.807, 2.05) is 0 Å². The van der Waals surface area contributed by atoms with Gasteiger partial charge >= 0.3 is 12.4 Å².